The molecule has 0 spiro atoms. The van der Waals surface area contributed by atoms with Gasteiger partial charge in [-0.1, -0.05) is 13.8 Å². The summed E-state index contributed by atoms with van der Waals surface area (Å²) in [6.07, 6.45) is 0.693. The molecule has 0 saturated carbocycles. The van der Waals surface area contributed by atoms with Crippen molar-refractivity contribution in [2.75, 3.05) is 19.7 Å². The first-order valence-corrected chi connectivity index (χ1v) is 4.78. The molecule has 1 saturated heterocycles. The van der Waals surface area contributed by atoms with E-state index in [9.17, 15) is 4.79 Å². The first kappa shape index (κ1) is 10.3. The largest absolute Gasteiger partial charge is 0.449 e. The number of carbonyl (C=O) groups excluding carboxylic acids is 1. The van der Waals surface area contributed by atoms with Crippen molar-refractivity contribution in [2.24, 2.45) is 11.7 Å². The third kappa shape index (κ3) is 2.88. The van der Waals surface area contributed by atoms with Gasteiger partial charge in [-0.25, -0.2) is 4.79 Å². The molecule has 1 amide bonds. The van der Waals surface area contributed by atoms with Gasteiger partial charge in [0.15, 0.2) is 0 Å². The third-order valence-electron chi connectivity index (χ3n) is 2.34. The lowest BCUT2D eigenvalue weighted by Gasteiger charge is -2.29. The Kier molecular flexibility index (Phi) is 3.54. The van der Waals surface area contributed by atoms with E-state index in [-0.39, 0.29) is 12.1 Å². The topological polar surface area (TPSA) is 55.6 Å². The zero-order valence-electron chi connectivity index (χ0n) is 8.32. The summed E-state index contributed by atoms with van der Waals surface area (Å²) in [5, 5.41) is 0. The maximum atomic E-state index is 11.2. The van der Waals surface area contributed by atoms with E-state index in [0.717, 1.165) is 13.0 Å². The number of rotatable bonds is 3. The van der Waals surface area contributed by atoms with Gasteiger partial charge in [-0.3, -0.25) is 0 Å². The van der Waals surface area contributed by atoms with Gasteiger partial charge in [0, 0.05) is 19.1 Å². The molecule has 1 fully saturated rings. The van der Waals surface area contributed by atoms with Crippen LogP contribution >= 0.6 is 0 Å². The highest BCUT2D eigenvalue weighted by molar-refractivity contribution is 5.68. The monoisotopic (exact) mass is 186 g/mol. The van der Waals surface area contributed by atoms with E-state index in [1.165, 1.54) is 0 Å². The summed E-state index contributed by atoms with van der Waals surface area (Å²) in [5.41, 5.74) is 5.86. The van der Waals surface area contributed by atoms with Gasteiger partial charge in [-0.15, -0.1) is 0 Å². The van der Waals surface area contributed by atoms with Gasteiger partial charge in [-0.2, -0.15) is 0 Å². The van der Waals surface area contributed by atoms with Gasteiger partial charge in [-0.05, 0) is 12.3 Å². The third-order valence-corrected chi connectivity index (χ3v) is 2.34. The number of amides is 1. The zero-order chi connectivity index (χ0) is 9.84. The summed E-state index contributed by atoms with van der Waals surface area (Å²) >= 11 is 0. The second kappa shape index (κ2) is 4.46. The number of cyclic esters (lactones) is 1. The molecule has 1 atom stereocenters. The molecule has 13 heavy (non-hydrogen) atoms. The average molecular weight is 186 g/mol. The fourth-order valence-corrected chi connectivity index (χ4v) is 1.23. The van der Waals surface area contributed by atoms with Crippen LogP contribution in [-0.4, -0.2) is 36.7 Å². The first-order chi connectivity index (χ1) is 6.11. The molecular weight excluding hydrogens is 168 g/mol. The van der Waals surface area contributed by atoms with Crippen molar-refractivity contribution >= 4 is 6.09 Å². The molecule has 0 aromatic heterocycles. The van der Waals surface area contributed by atoms with Gasteiger partial charge < -0.3 is 15.4 Å². The molecule has 0 radical (unpaired) electrons. The highest BCUT2D eigenvalue weighted by atomic mass is 16.6. The second-order valence-electron chi connectivity index (χ2n) is 3.82. The molecule has 1 unspecified atom stereocenters. The Balaban J connectivity index is 2.38. The van der Waals surface area contributed by atoms with Crippen molar-refractivity contribution in [3.8, 4) is 0 Å². The Hall–Kier alpha value is -0.770. The molecule has 1 heterocycles. The van der Waals surface area contributed by atoms with Crippen molar-refractivity contribution in [1.29, 1.82) is 0 Å². The number of hydrogen-bond acceptors (Lipinski definition) is 3. The van der Waals surface area contributed by atoms with Gasteiger partial charge in [0.1, 0.15) is 0 Å². The molecule has 76 valence electrons. The quantitative estimate of drug-likeness (QED) is 0.709. The van der Waals surface area contributed by atoms with E-state index in [4.69, 9.17) is 10.5 Å². The molecule has 0 aromatic rings. The molecular formula is C9H18N2O2. The van der Waals surface area contributed by atoms with Gasteiger partial charge >= 0.3 is 6.09 Å². The normalized spacial score (nSPS) is 20.3. The first-order valence-electron chi connectivity index (χ1n) is 4.78. The number of nitrogens with zero attached hydrogens (tertiary/aromatic N) is 1. The molecule has 2 N–H and O–H groups in total. The van der Waals surface area contributed by atoms with Crippen molar-refractivity contribution in [3.63, 3.8) is 0 Å². The van der Waals surface area contributed by atoms with E-state index in [1.807, 2.05) is 0 Å². The molecule has 1 rings (SSSR count). The smallest absolute Gasteiger partial charge is 0.409 e. The van der Waals surface area contributed by atoms with E-state index in [0.29, 0.717) is 19.1 Å². The van der Waals surface area contributed by atoms with Gasteiger partial charge in [0.2, 0.25) is 0 Å². The Labute approximate surface area is 79.0 Å². The molecule has 1 aliphatic heterocycles. The van der Waals surface area contributed by atoms with E-state index >= 15 is 0 Å². The van der Waals surface area contributed by atoms with Crippen LogP contribution in [0.3, 0.4) is 0 Å². The number of ether oxygens (including phenoxy) is 1. The van der Waals surface area contributed by atoms with Crippen molar-refractivity contribution < 1.29 is 9.53 Å². The Morgan fingerprint density at radius 3 is 2.85 bits per heavy atom. The summed E-state index contributed by atoms with van der Waals surface area (Å²) in [7, 11) is 0. The van der Waals surface area contributed by atoms with Crippen molar-refractivity contribution in [1.82, 2.24) is 4.90 Å². The Morgan fingerprint density at radius 1 is 1.62 bits per heavy atom. The maximum absolute atomic E-state index is 11.2. The SMILES string of the molecule is CC(C)C(N)CN1CCCOC1=O. The van der Waals surface area contributed by atoms with Crippen LogP contribution in [0.15, 0.2) is 0 Å². The van der Waals surface area contributed by atoms with E-state index in [1.54, 1.807) is 4.90 Å². The summed E-state index contributed by atoms with van der Waals surface area (Å²) < 4.78 is 4.90. The fraction of sp³-hybridized carbons (Fsp3) is 0.889. The minimum atomic E-state index is -0.220. The minimum absolute atomic E-state index is 0.0469. The highest BCUT2D eigenvalue weighted by Crippen LogP contribution is 2.07. The molecule has 4 heteroatoms. The number of nitrogens with two attached hydrogens (primary N) is 1. The average Bonchev–Trinajstić information content (AvgIpc) is 2.08. The van der Waals surface area contributed by atoms with E-state index < -0.39 is 0 Å². The summed E-state index contributed by atoms with van der Waals surface area (Å²) in [6, 6.07) is 0.0469. The predicted octanol–water partition coefficient (Wildman–Crippen LogP) is 0.812. The molecule has 0 bridgehead atoms. The number of hydrogen-bond donors (Lipinski definition) is 1. The fourth-order valence-electron chi connectivity index (χ4n) is 1.23. The van der Waals surface area contributed by atoms with Crippen molar-refractivity contribution in [3.05, 3.63) is 0 Å². The van der Waals surface area contributed by atoms with Crippen LogP contribution in [0.25, 0.3) is 0 Å². The maximum Gasteiger partial charge on any atom is 0.409 e. The second-order valence-corrected chi connectivity index (χ2v) is 3.82. The Bertz CT molecular complexity index is 182. The molecule has 0 aromatic carbocycles. The van der Waals surface area contributed by atoms with Gasteiger partial charge in [0.05, 0.1) is 6.61 Å². The van der Waals surface area contributed by atoms with Crippen LogP contribution in [0.2, 0.25) is 0 Å². The van der Waals surface area contributed by atoms with E-state index in [2.05, 4.69) is 13.8 Å². The zero-order valence-corrected chi connectivity index (χ0v) is 8.32. The standard InChI is InChI=1S/C9H18N2O2/c1-7(2)8(10)6-11-4-3-5-13-9(11)12/h7-8H,3-6,10H2,1-2H3. The minimum Gasteiger partial charge on any atom is -0.449 e. The number of carbonyl (C=O) groups is 1. The molecule has 1 aliphatic rings. The predicted molar refractivity (Wildman–Crippen MR) is 50.4 cm³/mol. The van der Waals surface area contributed by atoms with Crippen LogP contribution in [0, 0.1) is 5.92 Å². The van der Waals surface area contributed by atoms with Crippen LogP contribution < -0.4 is 5.73 Å². The summed E-state index contributed by atoms with van der Waals surface area (Å²) in [5.74, 6) is 0.398. The molecule has 0 aliphatic carbocycles. The lowest BCUT2D eigenvalue weighted by atomic mass is 10.1. The lowest BCUT2D eigenvalue weighted by Crippen LogP contribution is -2.46. The lowest BCUT2D eigenvalue weighted by molar-refractivity contribution is 0.0687. The molecule has 4 nitrogen and oxygen atoms in total. The van der Waals surface area contributed by atoms with Crippen LogP contribution in [-0.2, 0) is 4.74 Å². The summed E-state index contributed by atoms with van der Waals surface area (Å²) in [6.45, 7) is 6.04. The highest BCUT2D eigenvalue weighted by Gasteiger charge is 2.22. The Morgan fingerprint density at radius 2 is 2.31 bits per heavy atom. The van der Waals surface area contributed by atoms with Crippen LogP contribution in [0.4, 0.5) is 4.79 Å². The van der Waals surface area contributed by atoms with Gasteiger partial charge in [0.25, 0.3) is 0 Å². The van der Waals surface area contributed by atoms with Crippen LogP contribution in [0.5, 0.6) is 0 Å². The van der Waals surface area contributed by atoms with Crippen molar-refractivity contribution in [2.45, 2.75) is 26.3 Å². The van der Waals surface area contributed by atoms with Crippen LogP contribution in [0.1, 0.15) is 20.3 Å². The summed E-state index contributed by atoms with van der Waals surface area (Å²) in [4.78, 5) is 12.9.